The predicted octanol–water partition coefficient (Wildman–Crippen LogP) is 4.35. The van der Waals surface area contributed by atoms with Crippen molar-refractivity contribution < 1.29 is 14.3 Å². The first kappa shape index (κ1) is 17.0. The fraction of sp³-hybridized carbons (Fsp3) is 0.632. The molecule has 1 aliphatic carbocycles. The van der Waals surface area contributed by atoms with Crippen LogP contribution in [-0.2, 0) is 20.9 Å². The predicted molar refractivity (Wildman–Crippen MR) is 87.4 cm³/mol. The maximum absolute atomic E-state index is 12.6. The highest BCUT2D eigenvalue weighted by Crippen LogP contribution is 2.44. The van der Waals surface area contributed by atoms with Crippen molar-refractivity contribution in [3.63, 3.8) is 0 Å². The Hall–Kier alpha value is -1.35. The Morgan fingerprint density at radius 1 is 1.32 bits per heavy atom. The summed E-state index contributed by atoms with van der Waals surface area (Å²) in [5.41, 5.74) is 0.693. The van der Waals surface area contributed by atoms with Gasteiger partial charge >= 0.3 is 5.97 Å². The Labute approximate surface area is 134 Å². The molecule has 22 heavy (non-hydrogen) atoms. The quantitative estimate of drug-likeness (QED) is 0.702. The third-order valence-electron chi connectivity index (χ3n) is 4.58. The van der Waals surface area contributed by atoms with E-state index in [0.29, 0.717) is 19.1 Å². The first-order valence-corrected chi connectivity index (χ1v) is 8.41. The molecule has 1 fully saturated rings. The number of carbonyl (C=O) groups is 1. The van der Waals surface area contributed by atoms with Crippen molar-refractivity contribution in [3.05, 3.63) is 35.9 Å². The van der Waals surface area contributed by atoms with E-state index in [2.05, 4.69) is 32.9 Å². The van der Waals surface area contributed by atoms with Crippen LogP contribution < -0.4 is 0 Å². The van der Waals surface area contributed by atoms with E-state index in [4.69, 9.17) is 9.47 Å². The molecule has 0 aliphatic heterocycles. The first-order chi connectivity index (χ1) is 10.6. The molecule has 1 aromatic carbocycles. The summed E-state index contributed by atoms with van der Waals surface area (Å²) in [5.74, 6) is 0.294. The van der Waals surface area contributed by atoms with E-state index in [-0.39, 0.29) is 12.1 Å². The van der Waals surface area contributed by atoms with Gasteiger partial charge in [0.25, 0.3) is 0 Å². The van der Waals surface area contributed by atoms with Crippen molar-refractivity contribution in [2.75, 3.05) is 6.61 Å². The Kier molecular flexibility index (Phi) is 6.01. The van der Waals surface area contributed by atoms with Gasteiger partial charge < -0.3 is 9.47 Å². The number of esters is 1. The van der Waals surface area contributed by atoms with Crippen LogP contribution in [0.3, 0.4) is 0 Å². The van der Waals surface area contributed by atoms with Crippen LogP contribution in [0.2, 0.25) is 0 Å². The summed E-state index contributed by atoms with van der Waals surface area (Å²) in [7, 11) is 0. The van der Waals surface area contributed by atoms with Gasteiger partial charge in [0.1, 0.15) is 0 Å². The average molecular weight is 304 g/mol. The summed E-state index contributed by atoms with van der Waals surface area (Å²) < 4.78 is 11.7. The van der Waals surface area contributed by atoms with Crippen molar-refractivity contribution >= 4 is 5.97 Å². The van der Waals surface area contributed by atoms with Gasteiger partial charge in [-0.2, -0.15) is 0 Å². The van der Waals surface area contributed by atoms with Crippen LogP contribution in [-0.4, -0.2) is 18.7 Å². The summed E-state index contributed by atoms with van der Waals surface area (Å²) in [6.45, 7) is 7.24. The second kappa shape index (κ2) is 7.77. The molecule has 2 unspecified atom stereocenters. The minimum absolute atomic E-state index is 0.0302. The topological polar surface area (TPSA) is 35.5 Å². The Morgan fingerprint density at radius 3 is 2.68 bits per heavy atom. The molecule has 0 amide bonds. The van der Waals surface area contributed by atoms with Crippen LogP contribution >= 0.6 is 0 Å². The molecule has 1 saturated carbocycles. The maximum atomic E-state index is 12.6. The Balaban J connectivity index is 2.00. The van der Waals surface area contributed by atoms with Crippen molar-refractivity contribution in [2.45, 2.75) is 59.2 Å². The highest BCUT2D eigenvalue weighted by atomic mass is 16.5. The molecule has 2 atom stereocenters. The van der Waals surface area contributed by atoms with Crippen LogP contribution in [0.4, 0.5) is 0 Å². The average Bonchev–Trinajstić information content (AvgIpc) is 2.95. The van der Waals surface area contributed by atoms with E-state index in [1.165, 1.54) is 0 Å². The van der Waals surface area contributed by atoms with Crippen molar-refractivity contribution in [1.29, 1.82) is 0 Å². The third kappa shape index (κ3) is 3.89. The van der Waals surface area contributed by atoms with Crippen LogP contribution in [0.5, 0.6) is 0 Å². The lowest BCUT2D eigenvalue weighted by Gasteiger charge is -2.32. The number of benzene rings is 1. The summed E-state index contributed by atoms with van der Waals surface area (Å²) in [5, 5.41) is 0. The van der Waals surface area contributed by atoms with Gasteiger partial charge in [0.2, 0.25) is 0 Å². The van der Waals surface area contributed by atoms with Gasteiger partial charge in [-0.15, -0.1) is 0 Å². The number of rotatable bonds is 7. The van der Waals surface area contributed by atoms with E-state index in [1.54, 1.807) is 0 Å². The third-order valence-corrected chi connectivity index (χ3v) is 4.58. The Morgan fingerprint density at radius 2 is 2.05 bits per heavy atom. The molecule has 2 rings (SSSR count). The summed E-state index contributed by atoms with van der Waals surface area (Å²) in [4.78, 5) is 12.6. The zero-order valence-electron chi connectivity index (χ0n) is 14.0. The van der Waals surface area contributed by atoms with Crippen LogP contribution in [0, 0.1) is 11.3 Å². The highest BCUT2D eigenvalue weighted by molar-refractivity contribution is 5.78. The molecule has 0 bridgehead atoms. The first-order valence-electron chi connectivity index (χ1n) is 8.41. The number of ether oxygens (including phenoxy) is 2. The molecule has 0 aromatic heterocycles. The molecule has 0 heterocycles. The molecule has 3 heteroatoms. The number of hydrogen-bond acceptors (Lipinski definition) is 3. The molecular formula is C19H28O3. The van der Waals surface area contributed by atoms with E-state index < -0.39 is 5.41 Å². The second-order valence-corrected chi connectivity index (χ2v) is 6.68. The largest absolute Gasteiger partial charge is 0.465 e. The lowest BCUT2D eigenvalue weighted by Crippen LogP contribution is -2.41. The Bertz CT molecular complexity index is 469. The van der Waals surface area contributed by atoms with Gasteiger partial charge in [-0.05, 0) is 37.2 Å². The van der Waals surface area contributed by atoms with Gasteiger partial charge in [0, 0.05) is 0 Å². The van der Waals surface area contributed by atoms with Crippen molar-refractivity contribution in [2.24, 2.45) is 11.3 Å². The number of hydrogen-bond donors (Lipinski definition) is 0. The molecule has 3 nitrogen and oxygen atoms in total. The SMILES string of the molecule is CCC1(C(=O)OCC(C)C)CCCC1OCc1ccccc1. The van der Waals surface area contributed by atoms with Gasteiger partial charge in [0.15, 0.2) is 0 Å². The second-order valence-electron chi connectivity index (χ2n) is 6.68. The molecule has 1 aromatic rings. The molecule has 0 radical (unpaired) electrons. The highest BCUT2D eigenvalue weighted by Gasteiger charge is 2.49. The normalized spacial score (nSPS) is 24.6. The minimum atomic E-state index is -0.455. The van der Waals surface area contributed by atoms with Gasteiger partial charge in [-0.3, -0.25) is 4.79 Å². The summed E-state index contributed by atoms with van der Waals surface area (Å²) in [6, 6.07) is 10.1. The maximum Gasteiger partial charge on any atom is 0.314 e. The molecule has 0 spiro atoms. The van der Waals surface area contributed by atoms with Crippen molar-refractivity contribution in [1.82, 2.24) is 0 Å². The zero-order chi connectivity index (χ0) is 16.0. The van der Waals surface area contributed by atoms with Crippen LogP contribution in [0.25, 0.3) is 0 Å². The lowest BCUT2D eigenvalue weighted by molar-refractivity contribution is -0.166. The molecular weight excluding hydrogens is 276 g/mol. The van der Waals surface area contributed by atoms with Gasteiger partial charge in [-0.1, -0.05) is 51.1 Å². The smallest absolute Gasteiger partial charge is 0.314 e. The zero-order valence-corrected chi connectivity index (χ0v) is 14.0. The molecule has 0 saturated heterocycles. The summed E-state index contributed by atoms with van der Waals surface area (Å²) >= 11 is 0. The molecule has 122 valence electrons. The fourth-order valence-corrected chi connectivity index (χ4v) is 3.22. The molecule has 0 N–H and O–H groups in total. The summed E-state index contributed by atoms with van der Waals surface area (Å²) in [6.07, 6.45) is 3.60. The minimum Gasteiger partial charge on any atom is -0.465 e. The van der Waals surface area contributed by atoms with Gasteiger partial charge in [-0.25, -0.2) is 0 Å². The number of carbonyl (C=O) groups excluding carboxylic acids is 1. The van der Waals surface area contributed by atoms with Crippen LogP contribution in [0.15, 0.2) is 30.3 Å². The van der Waals surface area contributed by atoms with Crippen LogP contribution in [0.1, 0.15) is 52.0 Å². The van der Waals surface area contributed by atoms with Crippen molar-refractivity contribution in [3.8, 4) is 0 Å². The van der Waals surface area contributed by atoms with E-state index in [1.807, 2.05) is 18.2 Å². The van der Waals surface area contributed by atoms with E-state index in [9.17, 15) is 4.79 Å². The lowest BCUT2D eigenvalue weighted by atomic mass is 9.81. The fourth-order valence-electron chi connectivity index (χ4n) is 3.22. The van der Waals surface area contributed by atoms with E-state index >= 15 is 0 Å². The van der Waals surface area contributed by atoms with Gasteiger partial charge in [0.05, 0.1) is 24.7 Å². The molecule has 1 aliphatic rings. The van der Waals surface area contributed by atoms with E-state index in [0.717, 1.165) is 31.2 Å². The standard InChI is InChI=1S/C19H28O3/c1-4-19(18(20)22-13-15(2)3)12-8-11-17(19)21-14-16-9-6-5-7-10-16/h5-7,9-10,15,17H,4,8,11-14H2,1-3H3. The monoisotopic (exact) mass is 304 g/mol.